The van der Waals surface area contributed by atoms with Crippen LogP contribution in [0.15, 0.2) is 29.2 Å². The number of carbonyl (C=O) groups is 1. The van der Waals surface area contributed by atoms with Gasteiger partial charge in [0.15, 0.2) is 5.69 Å². The van der Waals surface area contributed by atoms with E-state index in [0.717, 1.165) is 42.9 Å². The molecule has 1 aromatic heterocycles. The number of carbonyl (C=O) groups excluding carboxylic acids is 1. The van der Waals surface area contributed by atoms with Crippen molar-refractivity contribution in [3.05, 3.63) is 35.5 Å². The number of fused-ring (bicyclic) bond motifs is 3. The van der Waals surface area contributed by atoms with Crippen LogP contribution in [-0.4, -0.2) is 60.0 Å². The minimum atomic E-state index is 0.0528. The highest BCUT2D eigenvalue weighted by Gasteiger charge is 2.33. The van der Waals surface area contributed by atoms with Gasteiger partial charge >= 0.3 is 0 Å². The fourth-order valence-electron chi connectivity index (χ4n) is 4.22. The molecule has 2 saturated heterocycles. The molecular weight excluding hydrogens is 360 g/mol. The highest BCUT2D eigenvalue weighted by molar-refractivity contribution is 7.98. The lowest BCUT2D eigenvalue weighted by Crippen LogP contribution is -2.41. The van der Waals surface area contributed by atoms with Gasteiger partial charge in [0.1, 0.15) is 0 Å². The lowest BCUT2D eigenvalue weighted by molar-refractivity contribution is 0.0297. The van der Waals surface area contributed by atoms with E-state index in [4.69, 9.17) is 9.84 Å². The number of morpholine rings is 1. The van der Waals surface area contributed by atoms with Gasteiger partial charge < -0.3 is 15.0 Å². The zero-order chi connectivity index (χ0) is 18.2. The minimum Gasteiger partial charge on any atom is -0.378 e. The lowest BCUT2D eigenvalue weighted by atomic mass is 10.0. The van der Waals surface area contributed by atoms with Crippen molar-refractivity contribution >= 4 is 17.7 Å². The second kappa shape index (κ2) is 7.30. The Labute approximate surface area is 163 Å². The van der Waals surface area contributed by atoms with E-state index < -0.39 is 0 Å². The smallest absolute Gasteiger partial charge is 0.274 e. The van der Waals surface area contributed by atoms with Crippen LogP contribution in [0.2, 0.25) is 0 Å². The number of nitrogens with zero attached hydrogens (tertiary/aromatic N) is 3. The van der Waals surface area contributed by atoms with Crippen molar-refractivity contribution in [3.63, 3.8) is 0 Å². The number of rotatable bonds is 2. The highest BCUT2D eigenvalue weighted by atomic mass is 32.2. The molecule has 1 atom stereocenters. The quantitative estimate of drug-likeness (QED) is 0.862. The van der Waals surface area contributed by atoms with Gasteiger partial charge in [0.05, 0.1) is 24.9 Å². The lowest BCUT2D eigenvalue weighted by Gasteiger charge is -2.26. The molecule has 1 aromatic carbocycles. The van der Waals surface area contributed by atoms with Crippen LogP contribution in [0.25, 0.3) is 11.3 Å². The summed E-state index contributed by atoms with van der Waals surface area (Å²) in [5.74, 6) is 0.856. The van der Waals surface area contributed by atoms with E-state index in [1.165, 1.54) is 10.5 Å². The molecule has 0 spiro atoms. The third-order valence-electron chi connectivity index (χ3n) is 5.64. The second-order valence-corrected chi connectivity index (χ2v) is 8.33. The van der Waals surface area contributed by atoms with E-state index in [1.807, 2.05) is 4.90 Å². The number of thioether (sulfide) groups is 1. The summed E-state index contributed by atoms with van der Waals surface area (Å²) in [7, 11) is 0. The molecule has 1 amide bonds. The summed E-state index contributed by atoms with van der Waals surface area (Å²) in [6.07, 6.45) is 2.24. The first-order chi connectivity index (χ1) is 13.3. The van der Waals surface area contributed by atoms with Crippen LogP contribution >= 0.6 is 11.8 Å². The average molecular weight is 385 g/mol. The zero-order valence-corrected chi connectivity index (χ0v) is 16.1. The Morgan fingerprint density at radius 1 is 1.26 bits per heavy atom. The first kappa shape index (κ1) is 17.3. The summed E-state index contributed by atoms with van der Waals surface area (Å²) in [6, 6.07) is 8.80. The minimum absolute atomic E-state index is 0.0528. The van der Waals surface area contributed by atoms with Crippen LogP contribution in [0.5, 0.6) is 0 Å². The Balaban J connectivity index is 1.61. The summed E-state index contributed by atoms with van der Waals surface area (Å²) in [6.45, 7) is 4.49. The van der Waals surface area contributed by atoms with Gasteiger partial charge in [0.25, 0.3) is 5.91 Å². The number of piperidine rings is 1. The van der Waals surface area contributed by atoms with Crippen molar-refractivity contribution in [2.24, 2.45) is 0 Å². The van der Waals surface area contributed by atoms with Gasteiger partial charge in [-0.05, 0) is 25.5 Å². The molecule has 2 fully saturated rings. The topological polar surface area (TPSA) is 59.4 Å². The fraction of sp³-hybridized carbons (Fsp3) is 0.500. The second-order valence-electron chi connectivity index (χ2n) is 7.31. The van der Waals surface area contributed by atoms with E-state index in [2.05, 4.69) is 34.3 Å². The molecule has 142 valence electrons. The van der Waals surface area contributed by atoms with Gasteiger partial charge in [-0.15, -0.1) is 11.8 Å². The summed E-state index contributed by atoms with van der Waals surface area (Å²) < 4.78 is 7.56. The molecule has 1 unspecified atom stereocenters. The van der Waals surface area contributed by atoms with Crippen LogP contribution in [-0.2, 0) is 10.5 Å². The summed E-state index contributed by atoms with van der Waals surface area (Å²) in [4.78, 5) is 16.4. The molecule has 0 bridgehead atoms. The maximum absolute atomic E-state index is 13.2. The highest BCUT2D eigenvalue weighted by Crippen LogP contribution is 2.44. The molecule has 0 aliphatic carbocycles. The molecule has 7 heteroatoms. The van der Waals surface area contributed by atoms with Gasteiger partial charge in [-0.2, -0.15) is 5.10 Å². The molecule has 2 aromatic rings. The molecule has 6 nitrogen and oxygen atoms in total. The molecule has 1 N–H and O–H groups in total. The first-order valence-corrected chi connectivity index (χ1v) is 10.7. The molecule has 3 aliphatic heterocycles. The van der Waals surface area contributed by atoms with Crippen molar-refractivity contribution in [3.8, 4) is 11.3 Å². The van der Waals surface area contributed by atoms with Crippen molar-refractivity contribution in [2.45, 2.75) is 29.5 Å². The SMILES string of the molecule is O=C(c1nn(C2CCCNC2)c2c1CSc1ccccc1-2)N1CCOCC1. The van der Waals surface area contributed by atoms with E-state index in [0.29, 0.717) is 38.0 Å². The van der Waals surface area contributed by atoms with Crippen LogP contribution in [0, 0.1) is 0 Å². The summed E-state index contributed by atoms with van der Waals surface area (Å²) >= 11 is 1.81. The summed E-state index contributed by atoms with van der Waals surface area (Å²) in [5, 5.41) is 8.41. The standard InChI is InChI=1S/C20H24N4O2S/c25-20(23-8-10-26-11-9-23)18-16-13-27-17-6-2-1-5-15(17)19(16)24(22-18)14-4-3-7-21-12-14/h1-2,5-6,14,21H,3-4,7-13H2. The number of nitrogens with one attached hydrogen (secondary N) is 1. The van der Waals surface area contributed by atoms with E-state index in [1.54, 1.807) is 11.8 Å². The first-order valence-electron chi connectivity index (χ1n) is 9.74. The Hall–Kier alpha value is -1.83. The van der Waals surface area contributed by atoms with E-state index >= 15 is 0 Å². The summed E-state index contributed by atoms with van der Waals surface area (Å²) in [5.41, 5.74) is 4.10. The molecule has 5 rings (SSSR count). The molecule has 3 aliphatic rings. The predicted octanol–water partition coefficient (Wildman–Crippen LogP) is 2.55. The third kappa shape index (κ3) is 3.07. The average Bonchev–Trinajstić information content (AvgIpc) is 3.15. The fourth-order valence-corrected chi connectivity index (χ4v) is 5.29. The van der Waals surface area contributed by atoms with Crippen molar-refractivity contribution < 1.29 is 9.53 Å². The van der Waals surface area contributed by atoms with Gasteiger partial charge in [-0.1, -0.05) is 18.2 Å². The van der Waals surface area contributed by atoms with Gasteiger partial charge in [-0.3, -0.25) is 9.48 Å². The number of hydrogen-bond acceptors (Lipinski definition) is 5. The van der Waals surface area contributed by atoms with Gasteiger partial charge in [0.2, 0.25) is 0 Å². The number of benzene rings is 1. The number of aromatic nitrogens is 2. The number of hydrogen-bond donors (Lipinski definition) is 1. The van der Waals surface area contributed by atoms with Gasteiger partial charge in [-0.25, -0.2) is 0 Å². The maximum atomic E-state index is 13.2. The molecule has 4 heterocycles. The van der Waals surface area contributed by atoms with E-state index in [9.17, 15) is 4.79 Å². The Bertz CT molecular complexity index is 854. The van der Waals surface area contributed by atoms with E-state index in [-0.39, 0.29) is 5.91 Å². The van der Waals surface area contributed by atoms with Crippen molar-refractivity contribution in [1.29, 1.82) is 0 Å². The Morgan fingerprint density at radius 3 is 2.93 bits per heavy atom. The Kier molecular flexibility index (Phi) is 4.67. The third-order valence-corrected chi connectivity index (χ3v) is 6.74. The van der Waals surface area contributed by atoms with Crippen LogP contribution in [0.3, 0.4) is 0 Å². The Morgan fingerprint density at radius 2 is 2.11 bits per heavy atom. The number of amides is 1. The van der Waals surface area contributed by atoms with Crippen LogP contribution < -0.4 is 5.32 Å². The largest absolute Gasteiger partial charge is 0.378 e. The monoisotopic (exact) mass is 384 g/mol. The van der Waals surface area contributed by atoms with Crippen LogP contribution in [0.1, 0.15) is 34.9 Å². The molecule has 27 heavy (non-hydrogen) atoms. The number of ether oxygens (including phenoxy) is 1. The molecule has 0 radical (unpaired) electrons. The zero-order valence-electron chi connectivity index (χ0n) is 15.3. The van der Waals surface area contributed by atoms with Crippen molar-refractivity contribution in [1.82, 2.24) is 20.0 Å². The van der Waals surface area contributed by atoms with Crippen molar-refractivity contribution in [2.75, 3.05) is 39.4 Å². The molecule has 0 saturated carbocycles. The van der Waals surface area contributed by atoms with Crippen LogP contribution in [0.4, 0.5) is 0 Å². The predicted molar refractivity (Wildman–Crippen MR) is 105 cm³/mol. The van der Waals surface area contributed by atoms with Gasteiger partial charge in [0, 0.05) is 41.4 Å². The normalized spacial score (nSPS) is 22.2. The maximum Gasteiger partial charge on any atom is 0.274 e. The molecular formula is C20H24N4O2S.